The van der Waals surface area contributed by atoms with Crippen LogP contribution in [-0.2, 0) is 4.79 Å². The zero-order chi connectivity index (χ0) is 18.5. The van der Waals surface area contributed by atoms with Crippen LogP contribution < -0.4 is 0 Å². The first kappa shape index (κ1) is 19.0. The lowest BCUT2D eigenvalue weighted by Crippen LogP contribution is -2.54. The Morgan fingerprint density at radius 2 is 1.88 bits per heavy atom. The largest absolute Gasteiger partial charge is 0.480 e. The maximum atomic E-state index is 11.1. The van der Waals surface area contributed by atoms with Crippen molar-refractivity contribution in [2.24, 2.45) is 0 Å². The molecular formula is C21H26N2O2S. The summed E-state index contributed by atoms with van der Waals surface area (Å²) < 4.78 is 0. The van der Waals surface area contributed by atoms with Crippen LogP contribution in [0.25, 0.3) is 0 Å². The fourth-order valence-corrected chi connectivity index (χ4v) is 4.20. The van der Waals surface area contributed by atoms with Gasteiger partial charge in [0.05, 0.1) is 12.6 Å². The molecule has 1 saturated heterocycles. The first-order valence-electron chi connectivity index (χ1n) is 8.97. The molecule has 2 aromatic rings. The molecule has 0 aliphatic carbocycles. The Hall–Kier alpha value is -1.82. The predicted octanol–water partition coefficient (Wildman–Crippen LogP) is 3.59. The molecule has 0 unspecified atom stereocenters. The van der Waals surface area contributed by atoms with Gasteiger partial charge in [-0.2, -0.15) is 0 Å². The average Bonchev–Trinajstić information content (AvgIpc) is 2.65. The number of aliphatic carboxylic acids is 1. The minimum Gasteiger partial charge on any atom is -0.480 e. The fraction of sp³-hybridized carbons (Fsp3) is 0.381. The number of nitrogens with zero attached hydrogens (tertiary/aromatic N) is 2. The molecule has 0 aromatic heterocycles. The molecule has 3 rings (SSSR count). The number of piperazine rings is 1. The van der Waals surface area contributed by atoms with Crippen LogP contribution >= 0.6 is 11.8 Å². The molecule has 1 N–H and O–H groups in total. The van der Waals surface area contributed by atoms with Crippen molar-refractivity contribution in [3.63, 3.8) is 0 Å². The third-order valence-electron chi connectivity index (χ3n) is 5.02. The molecule has 1 fully saturated rings. The number of rotatable bonds is 6. The van der Waals surface area contributed by atoms with E-state index in [4.69, 9.17) is 5.11 Å². The van der Waals surface area contributed by atoms with Gasteiger partial charge in [0.2, 0.25) is 0 Å². The topological polar surface area (TPSA) is 43.8 Å². The van der Waals surface area contributed by atoms with Gasteiger partial charge < -0.3 is 5.11 Å². The molecule has 2 atom stereocenters. The SMILES string of the molecule is CSc1cccc([C@H](c2ccccc2)N2CCN(CC(=O)O)[C@H](C)C2)c1. The van der Waals surface area contributed by atoms with Gasteiger partial charge in [-0.15, -0.1) is 11.8 Å². The van der Waals surface area contributed by atoms with E-state index in [9.17, 15) is 4.79 Å². The molecule has 0 bridgehead atoms. The number of carbonyl (C=O) groups is 1. The molecule has 5 heteroatoms. The normalized spacial score (nSPS) is 20.0. The van der Waals surface area contributed by atoms with Crippen molar-refractivity contribution in [2.45, 2.75) is 23.9 Å². The minimum absolute atomic E-state index is 0.118. The molecular weight excluding hydrogens is 344 g/mol. The smallest absolute Gasteiger partial charge is 0.317 e. The fourth-order valence-electron chi connectivity index (χ4n) is 3.73. The highest BCUT2D eigenvalue weighted by Crippen LogP contribution is 2.32. The Bertz CT molecular complexity index is 738. The van der Waals surface area contributed by atoms with Gasteiger partial charge in [-0.25, -0.2) is 0 Å². The van der Waals surface area contributed by atoms with E-state index in [1.807, 2.05) is 6.07 Å². The third-order valence-corrected chi connectivity index (χ3v) is 5.75. The monoisotopic (exact) mass is 370 g/mol. The number of carboxylic acids is 1. The van der Waals surface area contributed by atoms with Crippen molar-refractivity contribution < 1.29 is 9.90 Å². The maximum Gasteiger partial charge on any atom is 0.317 e. The lowest BCUT2D eigenvalue weighted by Gasteiger charge is -2.43. The van der Waals surface area contributed by atoms with Crippen molar-refractivity contribution in [1.29, 1.82) is 0 Å². The molecule has 0 spiro atoms. The highest BCUT2D eigenvalue weighted by Gasteiger charge is 2.31. The predicted molar refractivity (Wildman–Crippen MR) is 107 cm³/mol. The molecule has 0 saturated carbocycles. The Morgan fingerprint density at radius 3 is 2.54 bits per heavy atom. The first-order chi connectivity index (χ1) is 12.6. The van der Waals surface area contributed by atoms with Gasteiger partial charge in [0.25, 0.3) is 0 Å². The van der Waals surface area contributed by atoms with Gasteiger partial charge in [-0.05, 0) is 36.4 Å². The summed E-state index contributed by atoms with van der Waals surface area (Å²) in [5, 5.41) is 9.11. The minimum atomic E-state index is -0.752. The second kappa shape index (κ2) is 8.71. The second-order valence-electron chi connectivity index (χ2n) is 6.80. The van der Waals surface area contributed by atoms with Crippen molar-refractivity contribution in [2.75, 3.05) is 32.4 Å². The molecule has 138 valence electrons. The van der Waals surface area contributed by atoms with Crippen molar-refractivity contribution in [3.05, 3.63) is 65.7 Å². The van der Waals surface area contributed by atoms with Gasteiger partial charge in [-0.3, -0.25) is 14.6 Å². The molecule has 1 aliphatic rings. The van der Waals surface area contributed by atoms with Gasteiger partial charge in [0, 0.05) is 30.6 Å². The van der Waals surface area contributed by atoms with Crippen LogP contribution in [0.1, 0.15) is 24.1 Å². The van der Waals surface area contributed by atoms with Crippen LogP contribution in [0.2, 0.25) is 0 Å². The number of carboxylic acid groups (broad SMARTS) is 1. The van der Waals surface area contributed by atoms with E-state index in [1.165, 1.54) is 16.0 Å². The zero-order valence-corrected chi connectivity index (χ0v) is 16.2. The number of thioether (sulfide) groups is 1. The Labute approximate surface area is 159 Å². The second-order valence-corrected chi connectivity index (χ2v) is 7.68. The quantitative estimate of drug-likeness (QED) is 0.787. The number of benzene rings is 2. The lowest BCUT2D eigenvalue weighted by atomic mass is 9.95. The van der Waals surface area contributed by atoms with Crippen LogP contribution in [0.5, 0.6) is 0 Å². The summed E-state index contributed by atoms with van der Waals surface area (Å²) >= 11 is 1.76. The van der Waals surface area contributed by atoms with E-state index in [0.717, 1.165) is 19.6 Å². The summed E-state index contributed by atoms with van der Waals surface area (Å²) in [4.78, 5) is 16.9. The summed E-state index contributed by atoms with van der Waals surface area (Å²) in [6.45, 7) is 4.73. The third kappa shape index (κ3) is 4.47. The zero-order valence-electron chi connectivity index (χ0n) is 15.3. The van der Waals surface area contributed by atoms with Crippen molar-refractivity contribution in [1.82, 2.24) is 9.80 Å². The number of hydrogen-bond acceptors (Lipinski definition) is 4. The van der Waals surface area contributed by atoms with E-state index >= 15 is 0 Å². The van der Waals surface area contributed by atoms with Crippen LogP contribution in [0.4, 0.5) is 0 Å². The van der Waals surface area contributed by atoms with Crippen LogP contribution in [0.15, 0.2) is 59.5 Å². The number of hydrogen-bond donors (Lipinski definition) is 1. The van der Waals surface area contributed by atoms with Gasteiger partial charge in [-0.1, -0.05) is 42.5 Å². The molecule has 1 heterocycles. The van der Waals surface area contributed by atoms with E-state index in [0.29, 0.717) is 0 Å². The Balaban J connectivity index is 1.88. The molecule has 1 aliphatic heterocycles. The van der Waals surface area contributed by atoms with Crippen LogP contribution in [0.3, 0.4) is 0 Å². The van der Waals surface area contributed by atoms with Gasteiger partial charge in [0.1, 0.15) is 0 Å². The molecule has 2 aromatic carbocycles. The van der Waals surface area contributed by atoms with Crippen LogP contribution in [0, 0.1) is 0 Å². The van der Waals surface area contributed by atoms with Crippen molar-refractivity contribution >= 4 is 17.7 Å². The van der Waals surface area contributed by atoms with E-state index < -0.39 is 5.97 Å². The molecule has 26 heavy (non-hydrogen) atoms. The van der Waals surface area contributed by atoms with E-state index in [-0.39, 0.29) is 18.6 Å². The Morgan fingerprint density at radius 1 is 1.15 bits per heavy atom. The highest BCUT2D eigenvalue weighted by atomic mass is 32.2. The standard InChI is InChI=1S/C21H26N2O2S/c1-16-14-23(12-11-22(16)15-20(24)25)21(17-7-4-3-5-8-17)18-9-6-10-19(13-18)26-2/h3-10,13,16,21H,11-12,14-15H2,1-2H3,(H,24,25)/t16-,21+/m1/s1. The highest BCUT2D eigenvalue weighted by molar-refractivity contribution is 7.98. The van der Waals surface area contributed by atoms with E-state index in [1.54, 1.807) is 11.8 Å². The molecule has 0 radical (unpaired) electrons. The van der Waals surface area contributed by atoms with E-state index in [2.05, 4.69) is 71.5 Å². The summed E-state index contributed by atoms with van der Waals surface area (Å²) in [7, 11) is 0. The lowest BCUT2D eigenvalue weighted by molar-refractivity contribution is -0.139. The van der Waals surface area contributed by atoms with Crippen LogP contribution in [-0.4, -0.2) is 59.4 Å². The van der Waals surface area contributed by atoms with Gasteiger partial charge >= 0.3 is 5.97 Å². The van der Waals surface area contributed by atoms with Gasteiger partial charge in [0.15, 0.2) is 0 Å². The molecule has 4 nitrogen and oxygen atoms in total. The summed E-state index contributed by atoms with van der Waals surface area (Å²) in [6, 6.07) is 19.7. The summed E-state index contributed by atoms with van der Waals surface area (Å²) in [5.41, 5.74) is 2.58. The van der Waals surface area contributed by atoms with Crippen molar-refractivity contribution in [3.8, 4) is 0 Å². The Kier molecular flexibility index (Phi) is 6.35. The first-order valence-corrected chi connectivity index (χ1v) is 10.2. The summed E-state index contributed by atoms with van der Waals surface area (Å²) in [5.74, 6) is -0.752. The summed E-state index contributed by atoms with van der Waals surface area (Å²) in [6.07, 6.45) is 2.10. The average molecular weight is 371 g/mol. The maximum absolute atomic E-state index is 11.1. The molecule has 0 amide bonds.